The van der Waals surface area contributed by atoms with E-state index in [1.165, 1.54) is 0 Å². The largest absolute Gasteiger partial charge is 0.346 e. The predicted octanol–water partition coefficient (Wildman–Crippen LogP) is 2.77. The number of hydrogen-bond acceptors (Lipinski definition) is 2. The smallest absolute Gasteiger partial charge is 0.184 e. The maximum absolute atomic E-state index is 5.77. The van der Waals surface area contributed by atoms with Crippen molar-refractivity contribution in [3.8, 4) is 0 Å². The van der Waals surface area contributed by atoms with Gasteiger partial charge in [0.15, 0.2) is 6.29 Å². The standard InChI is InChI=1S/C10H11ClO2/c1-7-6-12-10(13-7)8-2-4-9(11)5-3-8/h2-5,7,10H,6H2,1H3/t7-,10-/m0/s1. The van der Waals surface area contributed by atoms with Crippen LogP contribution < -0.4 is 0 Å². The lowest BCUT2D eigenvalue weighted by atomic mass is 10.2. The Morgan fingerprint density at radius 1 is 1.31 bits per heavy atom. The van der Waals surface area contributed by atoms with Crippen LogP contribution in [0.4, 0.5) is 0 Å². The molecule has 2 atom stereocenters. The van der Waals surface area contributed by atoms with E-state index in [1.807, 2.05) is 31.2 Å². The van der Waals surface area contributed by atoms with Crippen molar-refractivity contribution in [1.29, 1.82) is 0 Å². The molecule has 0 aliphatic carbocycles. The van der Waals surface area contributed by atoms with Crippen LogP contribution in [0.2, 0.25) is 5.02 Å². The lowest BCUT2D eigenvalue weighted by Gasteiger charge is -2.09. The van der Waals surface area contributed by atoms with Gasteiger partial charge in [-0.2, -0.15) is 0 Å². The molecule has 0 spiro atoms. The van der Waals surface area contributed by atoms with Gasteiger partial charge in [-0.05, 0) is 19.1 Å². The first-order valence-electron chi connectivity index (χ1n) is 4.28. The molecule has 2 nitrogen and oxygen atoms in total. The van der Waals surface area contributed by atoms with E-state index in [0.717, 1.165) is 10.6 Å². The van der Waals surface area contributed by atoms with E-state index in [9.17, 15) is 0 Å². The third-order valence-electron chi connectivity index (χ3n) is 1.98. The summed E-state index contributed by atoms with van der Waals surface area (Å²) in [5.74, 6) is 0. The SMILES string of the molecule is C[C@H]1CO[C@H](c2ccc(Cl)cc2)O1. The predicted molar refractivity (Wildman–Crippen MR) is 50.7 cm³/mol. The van der Waals surface area contributed by atoms with Crippen molar-refractivity contribution in [3.05, 3.63) is 34.9 Å². The number of hydrogen-bond donors (Lipinski definition) is 0. The molecule has 1 heterocycles. The van der Waals surface area contributed by atoms with Gasteiger partial charge in [0, 0.05) is 10.6 Å². The number of halogens is 1. The molecule has 0 saturated carbocycles. The molecular weight excluding hydrogens is 188 g/mol. The van der Waals surface area contributed by atoms with Crippen LogP contribution in [0.25, 0.3) is 0 Å². The summed E-state index contributed by atoms with van der Waals surface area (Å²) >= 11 is 5.77. The van der Waals surface area contributed by atoms with Gasteiger partial charge >= 0.3 is 0 Å². The zero-order chi connectivity index (χ0) is 9.26. The Morgan fingerprint density at radius 3 is 2.54 bits per heavy atom. The zero-order valence-electron chi connectivity index (χ0n) is 7.37. The van der Waals surface area contributed by atoms with Crippen LogP contribution in [0.5, 0.6) is 0 Å². The Bertz CT molecular complexity index is 283. The first kappa shape index (κ1) is 9.00. The van der Waals surface area contributed by atoms with Gasteiger partial charge in [0.05, 0.1) is 12.7 Å². The summed E-state index contributed by atoms with van der Waals surface area (Å²) in [5, 5.41) is 0.731. The second-order valence-corrected chi connectivity index (χ2v) is 3.60. The molecule has 2 rings (SSSR count). The lowest BCUT2D eigenvalue weighted by molar-refractivity contribution is -0.0572. The first-order chi connectivity index (χ1) is 6.25. The molecule has 70 valence electrons. The highest BCUT2D eigenvalue weighted by atomic mass is 35.5. The normalized spacial score (nSPS) is 27.8. The fourth-order valence-electron chi connectivity index (χ4n) is 1.31. The average Bonchev–Trinajstić information content (AvgIpc) is 2.53. The van der Waals surface area contributed by atoms with Crippen LogP contribution >= 0.6 is 11.6 Å². The molecule has 0 radical (unpaired) electrons. The van der Waals surface area contributed by atoms with E-state index in [-0.39, 0.29) is 12.4 Å². The molecule has 0 amide bonds. The van der Waals surface area contributed by atoms with E-state index in [2.05, 4.69) is 0 Å². The van der Waals surface area contributed by atoms with Crippen molar-refractivity contribution in [2.24, 2.45) is 0 Å². The van der Waals surface area contributed by atoms with Gasteiger partial charge in [0.1, 0.15) is 0 Å². The van der Waals surface area contributed by atoms with E-state index in [1.54, 1.807) is 0 Å². The van der Waals surface area contributed by atoms with E-state index < -0.39 is 0 Å². The molecule has 1 aliphatic rings. The first-order valence-corrected chi connectivity index (χ1v) is 4.66. The summed E-state index contributed by atoms with van der Waals surface area (Å²) in [6.45, 7) is 2.66. The Labute approximate surface area is 82.4 Å². The summed E-state index contributed by atoms with van der Waals surface area (Å²) in [6, 6.07) is 7.52. The summed E-state index contributed by atoms with van der Waals surface area (Å²) in [6.07, 6.45) is -0.0343. The number of ether oxygens (including phenoxy) is 2. The van der Waals surface area contributed by atoms with Crippen molar-refractivity contribution in [1.82, 2.24) is 0 Å². The Balaban J connectivity index is 2.13. The molecular formula is C10H11ClO2. The number of rotatable bonds is 1. The topological polar surface area (TPSA) is 18.5 Å². The maximum Gasteiger partial charge on any atom is 0.184 e. The summed E-state index contributed by atoms with van der Waals surface area (Å²) < 4.78 is 10.9. The molecule has 0 bridgehead atoms. The van der Waals surface area contributed by atoms with Gasteiger partial charge in [-0.15, -0.1) is 0 Å². The average molecular weight is 199 g/mol. The molecule has 1 saturated heterocycles. The quantitative estimate of drug-likeness (QED) is 0.691. The van der Waals surface area contributed by atoms with Crippen molar-refractivity contribution in [3.63, 3.8) is 0 Å². The molecule has 1 aromatic carbocycles. The highest BCUT2D eigenvalue weighted by Gasteiger charge is 2.23. The van der Waals surface area contributed by atoms with Crippen molar-refractivity contribution < 1.29 is 9.47 Å². The Hall–Kier alpha value is -0.570. The third kappa shape index (κ3) is 2.02. The second kappa shape index (κ2) is 3.66. The van der Waals surface area contributed by atoms with Crippen molar-refractivity contribution in [2.75, 3.05) is 6.61 Å². The van der Waals surface area contributed by atoms with Crippen LogP contribution in [-0.4, -0.2) is 12.7 Å². The van der Waals surface area contributed by atoms with E-state index in [4.69, 9.17) is 21.1 Å². The van der Waals surface area contributed by atoms with Gasteiger partial charge < -0.3 is 9.47 Å². The lowest BCUT2D eigenvalue weighted by Crippen LogP contribution is -2.02. The van der Waals surface area contributed by atoms with Gasteiger partial charge in [0.2, 0.25) is 0 Å². The summed E-state index contributed by atoms with van der Waals surface area (Å²) in [5.41, 5.74) is 1.02. The Kier molecular flexibility index (Phi) is 2.54. The van der Waals surface area contributed by atoms with Crippen LogP contribution in [0.15, 0.2) is 24.3 Å². The van der Waals surface area contributed by atoms with Gasteiger partial charge in [-0.25, -0.2) is 0 Å². The van der Waals surface area contributed by atoms with Crippen LogP contribution in [-0.2, 0) is 9.47 Å². The Morgan fingerprint density at radius 2 is 2.00 bits per heavy atom. The van der Waals surface area contributed by atoms with Gasteiger partial charge in [-0.3, -0.25) is 0 Å². The molecule has 1 aromatic rings. The van der Waals surface area contributed by atoms with Crippen molar-refractivity contribution >= 4 is 11.6 Å². The summed E-state index contributed by atoms with van der Waals surface area (Å²) in [4.78, 5) is 0. The molecule has 13 heavy (non-hydrogen) atoms. The highest BCUT2D eigenvalue weighted by molar-refractivity contribution is 6.30. The fraction of sp³-hybridized carbons (Fsp3) is 0.400. The molecule has 1 aliphatic heterocycles. The second-order valence-electron chi connectivity index (χ2n) is 3.16. The monoisotopic (exact) mass is 198 g/mol. The highest BCUT2D eigenvalue weighted by Crippen LogP contribution is 2.27. The van der Waals surface area contributed by atoms with Crippen LogP contribution in [0, 0.1) is 0 Å². The molecule has 1 fully saturated rings. The van der Waals surface area contributed by atoms with Crippen LogP contribution in [0.3, 0.4) is 0 Å². The fourth-order valence-corrected chi connectivity index (χ4v) is 1.43. The van der Waals surface area contributed by atoms with Crippen LogP contribution in [0.1, 0.15) is 18.8 Å². The maximum atomic E-state index is 5.77. The molecule has 0 aromatic heterocycles. The summed E-state index contributed by atoms with van der Waals surface area (Å²) in [7, 11) is 0. The van der Waals surface area contributed by atoms with Gasteiger partial charge in [0.25, 0.3) is 0 Å². The van der Waals surface area contributed by atoms with E-state index >= 15 is 0 Å². The molecule has 3 heteroatoms. The zero-order valence-corrected chi connectivity index (χ0v) is 8.12. The third-order valence-corrected chi connectivity index (χ3v) is 2.23. The minimum atomic E-state index is -0.215. The van der Waals surface area contributed by atoms with Crippen molar-refractivity contribution in [2.45, 2.75) is 19.3 Å². The van der Waals surface area contributed by atoms with Gasteiger partial charge in [-0.1, -0.05) is 23.7 Å². The minimum absolute atomic E-state index is 0.181. The molecule has 0 unspecified atom stereocenters. The minimum Gasteiger partial charge on any atom is -0.346 e. The molecule has 0 N–H and O–H groups in total. The number of benzene rings is 1. The van der Waals surface area contributed by atoms with E-state index in [0.29, 0.717) is 6.61 Å².